The summed E-state index contributed by atoms with van der Waals surface area (Å²) in [6.45, 7) is 5.34. The second-order valence-corrected chi connectivity index (χ2v) is 6.61. The van der Waals surface area contributed by atoms with Gasteiger partial charge in [0.25, 0.3) is 5.91 Å². The van der Waals surface area contributed by atoms with Crippen LogP contribution in [0.4, 0.5) is 5.69 Å². The van der Waals surface area contributed by atoms with Crippen molar-refractivity contribution < 1.29 is 19.4 Å². The van der Waals surface area contributed by atoms with Crippen LogP contribution in [0.5, 0.6) is 5.75 Å². The molecular formula is C19H26N4O4. The molecule has 2 atom stereocenters. The van der Waals surface area contributed by atoms with E-state index in [0.29, 0.717) is 13.0 Å². The monoisotopic (exact) mass is 374 g/mol. The number of benzene rings is 1. The number of nitrogens with zero attached hydrogens (tertiary/aromatic N) is 3. The van der Waals surface area contributed by atoms with Crippen molar-refractivity contribution in [2.75, 3.05) is 37.8 Å². The van der Waals surface area contributed by atoms with Crippen LogP contribution in [0.25, 0.3) is 0 Å². The fraction of sp³-hybridized carbons (Fsp3) is 0.474. The topological polar surface area (TPSA) is 103 Å². The quantitative estimate of drug-likeness (QED) is 0.720. The van der Waals surface area contributed by atoms with Crippen LogP contribution in [0.1, 0.15) is 29.9 Å². The largest absolute Gasteiger partial charge is 0.493 e. The first kappa shape index (κ1) is 19.2. The Kier molecular flexibility index (Phi) is 6.31. The van der Waals surface area contributed by atoms with E-state index in [2.05, 4.69) is 16.0 Å². The van der Waals surface area contributed by atoms with E-state index in [0.717, 1.165) is 37.7 Å². The van der Waals surface area contributed by atoms with Crippen LogP contribution in [0.15, 0.2) is 36.8 Å². The Morgan fingerprint density at radius 2 is 2.19 bits per heavy atom. The molecule has 0 aliphatic carbocycles. The highest BCUT2D eigenvalue weighted by atomic mass is 16.5. The Hall–Kier alpha value is -2.58. The van der Waals surface area contributed by atoms with E-state index < -0.39 is 12.0 Å². The third-order valence-corrected chi connectivity index (χ3v) is 4.67. The van der Waals surface area contributed by atoms with Gasteiger partial charge in [-0.1, -0.05) is 6.07 Å². The molecular weight excluding hydrogens is 348 g/mol. The highest BCUT2D eigenvalue weighted by molar-refractivity contribution is 5.90. The molecule has 2 heterocycles. The number of carbonyl (C=O) groups is 1. The number of nitrogens with two attached hydrogens (primary N) is 1. The second kappa shape index (κ2) is 8.88. The average molecular weight is 374 g/mol. The highest BCUT2D eigenvalue weighted by Gasteiger charge is 2.19. The molecule has 1 amide bonds. The summed E-state index contributed by atoms with van der Waals surface area (Å²) in [6, 6.07) is 7.72. The molecule has 1 saturated heterocycles. The maximum Gasteiger partial charge on any atom is 0.268 e. The molecule has 27 heavy (non-hydrogen) atoms. The number of amides is 1. The van der Waals surface area contributed by atoms with Crippen LogP contribution in [-0.2, 0) is 4.74 Å². The van der Waals surface area contributed by atoms with Crippen molar-refractivity contribution in [2.45, 2.75) is 25.5 Å². The molecule has 1 aromatic heterocycles. The predicted molar refractivity (Wildman–Crippen MR) is 101 cm³/mol. The van der Waals surface area contributed by atoms with Gasteiger partial charge in [0.05, 0.1) is 38.3 Å². The molecule has 1 fully saturated rings. The lowest BCUT2D eigenvalue weighted by molar-refractivity contribution is 0.0993. The Morgan fingerprint density at radius 3 is 2.85 bits per heavy atom. The number of aromatic nitrogens is 2. The molecule has 1 aliphatic heterocycles. The van der Waals surface area contributed by atoms with Gasteiger partial charge in [0.1, 0.15) is 11.4 Å². The molecule has 0 spiro atoms. The first-order valence-corrected chi connectivity index (χ1v) is 9.11. The number of morpholine rings is 1. The standard InChI is InChI=1S/C19H26N4O4/c1-14(24)18(23-12-17(19(20)25)21-13-23)5-8-27-16-4-2-3-15(11-16)22-6-9-26-10-7-22/h2-4,11-14,18,24H,5-10H2,1H3,(H2,20,25)/t14-,18+/m0/s1. The molecule has 3 rings (SSSR count). The maximum absolute atomic E-state index is 11.2. The first-order valence-electron chi connectivity index (χ1n) is 9.11. The molecule has 0 unspecified atom stereocenters. The molecule has 0 saturated carbocycles. The summed E-state index contributed by atoms with van der Waals surface area (Å²) >= 11 is 0. The zero-order valence-electron chi connectivity index (χ0n) is 15.5. The van der Waals surface area contributed by atoms with Crippen LogP contribution < -0.4 is 15.4 Å². The average Bonchev–Trinajstić information content (AvgIpc) is 3.16. The van der Waals surface area contributed by atoms with Crippen molar-refractivity contribution in [2.24, 2.45) is 5.73 Å². The minimum Gasteiger partial charge on any atom is -0.493 e. The zero-order valence-corrected chi connectivity index (χ0v) is 15.5. The fourth-order valence-corrected chi connectivity index (χ4v) is 3.17. The van der Waals surface area contributed by atoms with Crippen molar-refractivity contribution in [3.05, 3.63) is 42.5 Å². The maximum atomic E-state index is 11.2. The summed E-state index contributed by atoms with van der Waals surface area (Å²) < 4.78 is 13.0. The van der Waals surface area contributed by atoms with E-state index in [4.69, 9.17) is 15.2 Å². The van der Waals surface area contributed by atoms with E-state index in [9.17, 15) is 9.90 Å². The number of primary amides is 1. The van der Waals surface area contributed by atoms with Crippen molar-refractivity contribution in [1.82, 2.24) is 9.55 Å². The highest BCUT2D eigenvalue weighted by Crippen LogP contribution is 2.23. The van der Waals surface area contributed by atoms with Gasteiger partial charge in [-0.3, -0.25) is 4.79 Å². The molecule has 3 N–H and O–H groups in total. The van der Waals surface area contributed by atoms with Gasteiger partial charge in [-0.25, -0.2) is 4.98 Å². The van der Waals surface area contributed by atoms with Gasteiger partial charge in [0, 0.05) is 37.5 Å². The number of anilines is 1. The lowest BCUT2D eigenvalue weighted by Crippen LogP contribution is -2.36. The summed E-state index contributed by atoms with van der Waals surface area (Å²) in [5.41, 5.74) is 6.54. The van der Waals surface area contributed by atoms with Gasteiger partial charge >= 0.3 is 0 Å². The summed E-state index contributed by atoms with van der Waals surface area (Å²) in [6.07, 6.45) is 3.01. The predicted octanol–water partition coefficient (Wildman–Crippen LogP) is 1.21. The van der Waals surface area contributed by atoms with Crippen LogP contribution >= 0.6 is 0 Å². The van der Waals surface area contributed by atoms with Crippen molar-refractivity contribution in [1.29, 1.82) is 0 Å². The third kappa shape index (κ3) is 4.99. The Morgan fingerprint density at radius 1 is 1.41 bits per heavy atom. The third-order valence-electron chi connectivity index (χ3n) is 4.67. The number of aliphatic hydroxyl groups is 1. The SMILES string of the molecule is C[C@H](O)[C@@H](CCOc1cccc(N2CCOCC2)c1)n1cnc(C(N)=O)c1. The van der Waals surface area contributed by atoms with Crippen molar-refractivity contribution >= 4 is 11.6 Å². The fourth-order valence-electron chi connectivity index (χ4n) is 3.17. The summed E-state index contributed by atoms with van der Waals surface area (Å²) in [7, 11) is 0. The smallest absolute Gasteiger partial charge is 0.268 e. The molecule has 146 valence electrons. The normalized spacial score (nSPS) is 16.7. The molecule has 0 bridgehead atoms. The van der Waals surface area contributed by atoms with E-state index in [1.165, 1.54) is 6.33 Å². The van der Waals surface area contributed by atoms with Gasteiger partial charge < -0.3 is 29.8 Å². The van der Waals surface area contributed by atoms with Crippen LogP contribution in [0.2, 0.25) is 0 Å². The number of aliphatic hydroxyl groups excluding tert-OH is 1. The minimum atomic E-state index is -0.622. The van der Waals surface area contributed by atoms with Crippen molar-refractivity contribution in [3.8, 4) is 5.75 Å². The van der Waals surface area contributed by atoms with E-state index in [1.54, 1.807) is 17.7 Å². The van der Waals surface area contributed by atoms with E-state index in [1.807, 2.05) is 18.2 Å². The Bertz CT molecular complexity index is 756. The number of imidazole rings is 1. The first-order chi connectivity index (χ1) is 13.0. The molecule has 8 heteroatoms. The summed E-state index contributed by atoms with van der Waals surface area (Å²) in [5.74, 6) is 0.195. The molecule has 2 aromatic rings. The number of hydrogen-bond acceptors (Lipinski definition) is 6. The minimum absolute atomic E-state index is 0.180. The number of rotatable bonds is 8. The lowest BCUT2D eigenvalue weighted by atomic mass is 10.1. The second-order valence-electron chi connectivity index (χ2n) is 6.61. The number of ether oxygens (including phenoxy) is 2. The molecule has 0 radical (unpaired) electrons. The van der Waals surface area contributed by atoms with Crippen LogP contribution in [0, 0.1) is 0 Å². The van der Waals surface area contributed by atoms with Crippen molar-refractivity contribution in [3.63, 3.8) is 0 Å². The molecule has 1 aliphatic rings. The molecule has 8 nitrogen and oxygen atoms in total. The Labute approximate surface area is 158 Å². The number of hydrogen-bond donors (Lipinski definition) is 2. The van der Waals surface area contributed by atoms with Crippen LogP contribution in [-0.4, -0.2) is 59.6 Å². The van der Waals surface area contributed by atoms with Gasteiger partial charge in [-0.15, -0.1) is 0 Å². The molecule has 1 aromatic carbocycles. The van der Waals surface area contributed by atoms with E-state index in [-0.39, 0.29) is 11.7 Å². The summed E-state index contributed by atoms with van der Waals surface area (Å²) in [5, 5.41) is 10.1. The van der Waals surface area contributed by atoms with Gasteiger partial charge in [0.15, 0.2) is 0 Å². The van der Waals surface area contributed by atoms with E-state index >= 15 is 0 Å². The summed E-state index contributed by atoms with van der Waals surface area (Å²) in [4.78, 5) is 17.5. The zero-order chi connectivity index (χ0) is 19.2. The van der Waals surface area contributed by atoms with Gasteiger partial charge in [0.2, 0.25) is 0 Å². The van der Waals surface area contributed by atoms with Crippen LogP contribution in [0.3, 0.4) is 0 Å². The number of carbonyl (C=O) groups excluding carboxylic acids is 1. The van der Waals surface area contributed by atoms with Gasteiger partial charge in [-0.05, 0) is 19.1 Å². The lowest BCUT2D eigenvalue weighted by Gasteiger charge is -2.29. The Balaban J connectivity index is 1.59. The van der Waals surface area contributed by atoms with Gasteiger partial charge in [-0.2, -0.15) is 0 Å².